The predicted molar refractivity (Wildman–Crippen MR) is 147 cm³/mol. The van der Waals surface area contributed by atoms with Crippen LogP contribution in [0.2, 0.25) is 0 Å². The molecule has 1 heteroatoms. The van der Waals surface area contributed by atoms with Crippen molar-refractivity contribution in [3.8, 4) is 11.1 Å². The molecule has 1 aliphatic rings. The normalized spacial score (nSPS) is 13.7. The summed E-state index contributed by atoms with van der Waals surface area (Å²) in [5, 5.41) is 0. The van der Waals surface area contributed by atoms with Crippen molar-refractivity contribution in [2.45, 2.75) is 89.9 Å². The van der Waals surface area contributed by atoms with Gasteiger partial charge in [0.2, 0.25) is 0 Å². The van der Waals surface area contributed by atoms with Crippen LogP contribution in [-0.2, 0) is 11.8 Å². The Morgan fingerprint density at radius 3 is 1.97 bits per heavy atom. The molecule has 0 amide bonds. The lowest BCUT2D eigenvalue weighted by atomic mass is 9.70. The second-order valence-corrected chi connectivity index (χ2v) is 10.8. The second kappa shape index (κ2) is 11.5. The lowest BCUT2D eigenvalue weighted by Crippen LogP contribution is -2.25. The molecule has 0 saturated carbocycles. The van der Waals surface area contributed by atoms with E-state index in [1.54, 1.807) is 11.1 Å². The van der Waals surface area contributed by atoms with E-state index >= 15 is 0 Å². The number of benzene rings is 3. The van der Waals surface area contributed by atoms with Crippen LogP contribution in [0, 0.1) is 0 Å². The minimum absolute atomic E-state index is 0.178. The lowest BCUT2D eigenvalue weighted by molar-refractivity contribution is 0.401. The summed E-state index contributed by atoms with van der Waals surface area (Å²) in [6.45, 7) is 4.63. The smallest absolute Gasteiger partial charge is 0.0215 e. The molecule has 0 saturated heterocycles. The third-order valence-corrected chi connectivity index (χ3v) is 8.37. The zero-order valence-corrected chi connectivity index (χ0v) is 22.1. The molecule has 0 heterocycles. The Hall–Kier alpha value is -1.86. The molecule has 0 bridgehead atoms. The molecule has 0 N–H and O–H groups in total. The van der Waals surface area contributed by atoms with Gasteiger partial charge in [0, 0.05) is 9.89 Å². The van der Waals surface area contributed by atoms with Crippen LogP contribution in [0.15, 0.2) is 71.2 Å². The Labute approximate surface area is 210 Å². The third kappa shape index (κ3) is 5.29. The molecule has 174 valence electrons. The molecule has 4 rings (SSSR count). The molecule has 33 heavy (non-hydrogen) atoms. The SMILES string of the molecule is CCCCCCC1(CCCCCC)c2ccccc2-c2ccc(Cc3ccccc3Br)cc21. The second-order valence-electron chi connectivity index (χ2n) is 9.90. The Balaban J connectivity index is 1.73. The summed E-state index contributed by atoms with van der Waals surface area (Å²) in [5.74, 6) is 0. The number of halogens is 1. The molecule has 0 aromatic heterocycles. The van der Waals surface area contributed by atoms with Crippen LogP contribution in [0.1, 0.15) is 100 Å². The molecule has 0 nitrogen and oxygen atoms in total. The lowest BCUT2D eigenvalue weighted by Gasteiger charge is -2.33. The van der Waals surface area contributed by atoms with Crippen molar-refractivity contribution in [3.05, 3.63) is 93.5 Å². The van der Waals surface area contributed by atoms with Crippen LogP contribution < -0.4 is 0 Å². The number of fused-ring (bicyclic) bond motifs is 3. The largest absolute Gasteiger partial charge is 0.0654 e. The molecule has 0 spiro atoms. The standard InChI is InChI=1S/C32H39Br/c1-3-5-7-13-21-32(22-14-8-6-4-2)29-17-11-10-16-27(29)28-20-19-25(24-30(28)32)23-26-15-9-12-18-31(26)33/h9-12,15-20,24H,3-8,13-14,21-23H2,1-2H3. The molecule has 0 aliphatic heterocycles. The zero-order valence-electron chi connectivity index (χ0n) is 20.5. The van der Waals surface area contributed by atoms with Gasteiger partial charge >= 0.3 is 0 Å². The highest BCUT2D eigenvalue weighted by atomic mass is 79.9. The fourth-order valence-corrected chi connectivity index (χ4v) is 6.27. The summed E-state index contributed by atoms with van der Waals surface area (Å²) in [4.78, 5) is 0. The predicted octanol–water partition coefficient (Wildman–Crippen LogP) is 10.2. The van der Waals surface area contributed by atoms with Crippen LogP contribution in [-0.4, -0.2) is 0 Å². The first kappa shape index (κ1) is 24.3. The maximum atomic E-state index is 3.76. The van der Waals surface area contributed by atoms with E-state index in [0.29, 0.717) is 0 Å². The average molecular weight is 504 g/mol. The van der Waals surface area contributed by atoms with Gasteiger partial charge in [0.05, 0.1) is 0 Å². The maximum absolute atomic E-state index is 3.76. The highest BCUT2D eigenvalue weighted by Gasteiger charge is 2.42. The fraction of sp³-hybridized carbons (Fsp3) is 0.438. The highest BCUT2D eigenvalue weighted by Crippen LogP contribution is 2.54. The van der Waals surface area contributed by atoms with Gasteiger partial charge in [-0.2, -0.15) is 0 Å². The minimum atomic E-state index is 0.178. The van der Waals surface area contributed by atoms with Crippen molar-refractivity contribution in [3.63, 3.8) is 0 Å². The molecule has 3 aromatic rings. The topological polar surface area (TPSA) is 0 Å². The third-order valence-electron chi connectivity index (χ3n) is 7.60. The van der Waals surface area contributed by atoms with Crippen molar-refractivity contribution in [1.29, 1.82) is 0 Å². The molecular formula is C32H39Br. The first-order chi connectivity index (χ1) is 16.2. The van der Waals surface area contributed by atoms with E-state index < -0.39 is 0 Å². The van der Waals surface area contributed by atoms with E-state index in [0.717, 1.165) is 6.42 Å². The molecule has 0 fully saturated rings. The van der Waals surface area contributed by atoms with E-state index in [4.69, 9.17) is 0 Å². The maximum Gasteiger partial charge on any atom is 0.0215 e. The Morgan fingerprint density at radius 1 is 0.636 bits per heavy atom. The zero-order chi connectivity index (χ0) is 23.1. The number of hydrogen-bond donors (Lipinski definition) is 0. The van der Waals surface area contributed by atoms with Crippen LogP contribution in [0.5, 0.6) is 0 Å². The molecule has 0 atom stereocenters. The van der Waals surface area contributed by atoms with Crippen LogP contribution >= 0.6 is 15.9 Å². The van der Waals surface area contributed by atoms with Crippen LogP contribution in [0.4, 0.5) is 0 Å². The van der Waals surface area contributed by atoms with E-state index in [9.17, 15) is 0 Å². The van der Waals surface area contributed by atoms with Gasteiger partial charge < -0.3 is 0 Å². The van der Waals surface area contributed by atoms with Gasteiger partial charge in [0.1, 0.15) is 0 Å². The quantitative estimate of drug-likeness (QED) is 0.216. The first-order valence-electron chi connectivity index (χ1n) is 13.2. The summed E-state index contributed by atoms with van der Waals surface area (Å²) in [6.07, 6.45) is 14.2. The first-order valence-corrected chi connectivity index (χ1v) is 14.0. The number of rotatable bonds is 12. The van der Waals surface area contributed by atoms with E-state index in [1.165, 1.54) is 90.9 Å². The number of hydrogen-bond acceptors (Lipinski definition) is 0. The van der Waals surface area contributed by atoms with Gasteiger partial charge in [-0.15, -0.1) is 0 Å². The van der Waals surface area contributed by atoms with Crippen molar-refractivity contribution in [1.82, 2.24) is 0 Å². The summed E-state index contributed by atoms with van der Waals surface area (Å²) in [7, 11) is 0. The summed E-state index contributed by atoms with van der Waals surface area (Å²) in [5.41, 5.74) is 9.12. The summed E-state index contributed by atoms with van der Waals surface area (Å²) in [6, 6.07) is 25.3. The van der Waals surface area contributed by atoms with Gasteiger partial charge in [-0.05, 0) is 58.7 Å². The van der Waals surface area contributed by atoms with Crippen molar-refractivity contribution in [2.24, 2.45) is 0 Å². The molecular weight excluding hydrogens is 464 g/mol. The Bertz CT molecular complexity index is 1040. The van der Waals surface area contributed by atoms with E-state index in [1.807, 2.05) is 0 Å². The van der Waals surface area contributed by atoms with E-state index in [-0.39, 0.29) is 5.41 Å². The van der Waals surface area contributed by atoms with Gasteiger partial charge in [0.25, 0.3) is 0 Å². The average Bonchev–Trinajstić information content (AvgIpc) is 3.11. The molecule has 0 radical (unpaired) electrons. The van der Waals surface area contributed by atoms with Crippen molar-refractivity contribution < 1.29 is 0 Å². The Morgan fingerprint density at radius 2 is 1.27 bits per heavy atom. The molecule has 3 aromatic carbocycles. The van der Waals surface area contributed by atoms with E-state index in [2.05, 4.69) is 96.5 Å². The van der Waals surface area contributed by atoms with Crippen LogP contribution in [0.25, 0.3) is 11.1 Å². The highest BCUT2D eigenvalue weighted by molar-refractivity contribution is 9.10. The monoisotopic (exact) mass is 502 g/mol. The summed E-state index contributed by atoms with van der Waals surface area (Å²) < 4.78 is 1.21. The Kier molecular flexibility index (Phi) is 8.47. The van der Waals surface area contributed by atoms with Gasteiger partial charge in [-0.1, -0.05) is 142 Å². The fourth-order valence-electron chi connectivity index (χ4n) is 5.84. The molecule has 1 aliphatic carbocycles. The van der Waals surface area contributed by atoms with Crippen molar-refractivity contribution >= 4 is 15.9 Å². The summed E-state index contributed by atoms with van der Waals surface area (Å²) >= 11 is 3.76. The minimum Gasteiger partial charge on any atom is -0.0654 e. The van der Waals surface area contributed by atoms with Gasteiger partial charge in [-0.3, -0.25) is 0 Å². The molecule has 0 unspecified atom stereocenters. The van der Waals surface area contributed by atoms with Crippen LogP contribution in [0.3, 0.4) is 0 Å². The van der Waals surface area contributed by atoms with Gasteiger partial charge in [-0.25, -0.2) is 0 Å². The van der Waals surface area contributed by atoms with Crippen molar-refractivity contribution in [2.75, 3.05) is 0 Å². The number of unbranched alkanes of at least 4 members (excludes halogenated alkanes) is 6. The van der Waals surface area contributed by atoms with Gasteiger partial charge in [0.15, 0.2) is 0 Å².